The lowest BCUT2D eigenvalue weighted by atomic mass is 9.80. The molecule has 7 unspecified atom stereocenters. The van der Waals surface area contributed by atoms with Gasteiger partial charge in [0.25, 0.3) is 0 Å². The summed E-state index contributed by atoms with van der Waals surface area (Å²) in [7, 11) is 0. The average Bonchev–Trinajstić information content (AvgIpc) is 3.32. The third-order valence-corrected chi connectivity index (χ3v) is 9.13. The summed E-state index contributed by atoms with van der Waals surface area (Å²) >= 11 is 6.36. The summed E-state index contributed by atoms with van der Waals surface area (Å²) in [5.41, 5.74) is 6.43. The summed E-state index contributed by atoms with van der Waals surface area (Å²) in [5.74, 6) is -2.20. The summed E-state index contributed by atoms with van der Waals surface area (Å²) in [5, 5.41) is 5.58. The van der Waals surface area contributed by atoms with E-state index in [-0.39, 0.29) is 55.3 Å². The zero-order valence-electron chi connectivity index (χ0n) is 21.0. The van der Waals surface area contributed by atoms with Crippen molar-refractivity contribution in [1.29, 1.82) is 0 Å². The number of aliphatic imine (C=N–C) groups is 1. The van der Waals surface area contributed by atoms with Crippen molar-refractivity contribution >= 4 is 23.5 Å². The first-order valence-electron chi connectivity index (χ1n) is 13.7. The summed E-state index contributed by atoms with van der Waals surface area (Å²) < 4.78 is 67.0. The molecule has 4 aliphatic rings. The highest BCUT2D eigenvalue weighted by Crippen LogP contribution is 2.40. The van der Waals surface area contributed by atoms with E-state index in [1.165, 1.54) is 0 Å². The smallest absolute Gasteiger partial charge is 0.339 e. The average molecular weight is 556 g/mol. The first-order chi connectivity index (χ1) is 17.6. The number of carbonyl (C=O) groups excluding carboxylic acids is 1. The van der Waals surface area contributed by atoms with Gasteiger partial charge in [-0.05, 0) is 82.5 Å². The number of hydrogen-bond donors (Lipinski definition) is 4. The highest BCUT2D eigenvalue weighted by Gasteiger charge is 2.44. The molecule has 0 aromatic carbocycles. The Morgan fingerprint density at radius 3 is 2.35 bits per heavy atom. The lowest BCUT2D eigenvalue weighted by Crippen LogP contribution is -2.52. The molecule has 4 N–H and O–H groups in total. The molecule has 1 amide bonds. The van der Waals surface area contributed by atoms with E-state index >= 15 is 0 Å². The lowest BCUT2D eigenvalue weighted by Gasteiger charge is -2.30. The Kier molecular flexibility index (Phi) is 9.94. The van der Waals surface area contributed by atoms with E-state index in [1.807, 2.05) is 0 Å². The molecule has 1 saturated heterocycles. The van der Waals surface area contributed by atoms with E-state index < -0.39 is 36.3 Å². The van der Waals surface area contributed by atoms with Gasteiger partial charge in [-0.25, -0.2) is 14.2 Å². The van der Waals surface area contributed by atoms with Crippen LogP contribution in [0.4, 0.5) is 22.0 Å². The van der Waals surface area contributed by atoms with Crippen LogP contribution in [0.15, 0.2) is 4.99 Å². The van der Waals surface area contributed by atoms with Crippen LogP contribution in [-0.4, -0.2) is 54.5 Å². The third-order valence-electron chi connectivity index (χ3n) is 8.59. The maximum Gasteiger partial charge on any atom is 0.391 e. The number of halogens is 6. The van der Waals surface area contributed by atoms with Crippen LogP contribution in [0.25, 0.3) is 0 Å². The van der Waals surface area contributed by atoms with Crippen molar-refractivity contribution in [2.24, 2.45) is 28.7 Å². The van der Waals surface area contributed by atoms with E-state index in [1.54, 1.807) is 0 Å². The SMILES string of the molecule is O=C(NC(=NCC1CCC(F)CC1Cl)NC1CC(C2CCC(F)CC2)NN1)C1CCCC(C(F)(F)F)C1. The van der Waals surface area contributed by atoms with E-state index in [0.717, 1.165) is 12.8 Å². The van der Waals surface area contributed by atoms with Crippen LogP contribution in [0.3, 0.4) is 0 Å². The fraction of sp³-hybridized carbons (Fsp3) is 0.920. The molecule has 0 aromatic heterocycles. The molecule has 4 rings (SSSR count). The molecule has 7 atom stereocenters. The van der Waals surface area contributed by atoms with Gasteiger partial charge in [-0.1, -0.05) is 6.42 Å². The molecule has 6 nitrogen and oxygen atoms in total. The first-order valence-corrected chi connectivity index (χ1v) is 14.1. The number of nitrogens with zero attached hydrogens (tertiary/aromatic N) is 1. The molecule has 0 spiro atoms. The molecule has 0 radical (unpaired) electrons. The highest BCUT2D eigenvalue weighted by atomic mass is 35.5. The first kappa shape index (κ1) is 28.8. The second-order valence-electron chi connectivity index (χ2n) is 11.3. The molecule has 0 aromatic rings. The number of hydrazine groups is 1. The molecule has 1 heterocycles. The van der Waals surface area contributed by atoms with Crippen molar-refractivity contribution < 1.29 is 26.7 Å². The Labute approximate surface area is 220 Å². The van der Waals surface area contributed by atoms with E-state index in [2.05, 4.69) is 26.5 Å². The van der Waals surface area contributed by atoms with Crippen LogP contribution in [0.1, 0.15) is 77.0 Å². The molecule has 3 saturated carbocycles. The van der Waals surface area contributed by atoms with Gasteiger partial charge in [0, 0.05) is 23.9 Å². The van der Waals surface area contributed by atoms with Gasteiger partial charge in [-0.2, -0.15) is 13.2 Å². The Bertz CT molecular complexity index is 794. The van der Waals surface area contributed by atoms with E-state index in [4.69, 9.17) is 11.6 Å². The minimum atomic E-state index is -4.31. The molecule has 4 fully saturated rings. The van der Waals surface area contributed by atoms with Crippen LogP contribution in [0.2, 0.25) is 0 Å². The van der Waals surface area contributed by atoms with E-state index in [0.29, 0.717) is 50.9 Å². The van der Waals surface area contributed by atoms with Crippen LogP contribution in [0, 0.1) is 23.7 Å². The van der Waals surface area contributed by atoms with Crippen LogP contribution in [0.5, 0.6) is 0 Å². The van der Waals surface area contributed by atoms with Crippen molar-refractivity contribution in [3.8, 4) is 0 Å². The van der Waals surface area contributed by atoms with Crippen molar-refractivity contribution in [2.45, 2.75) is 113 Å². The monoisotopic (exact) mass is 555 g/mol. The largest absolute Gasteiger partial charge is 0.391 e. The molecule has 0 bridgehead atoms. The number of nitrogens with one attached hydrogen (secondary N) is 4. The topological polar surface area (TPSA) is 77.5 Å². The molecule has 212 valence electrons. The minimum absolute atomic E-state index is 0.0458. The van der Waals surface area contributed by atoms with Gasteiger partial charge in [0.2, 0.25) is 5.91 Å². The van der Waals surface area contributed by atoms with Crippen molar-refractivity contribution in [3.63, 3.8) is 0 Å². The summed E-state index contributed by atoms with van der Waals surface area (Å²) in [6.07, 6.45) is -1.00. The fourth-order valence-electron chi connectivity index (χ4n) is 6.24. The molecule has 12 heteroatoms. The molecule has 37 heavy (non-hydrogen) atoms. The quantitative estimate of drug-likeness (QED) is 0.169. The third kappa shape index (κ3) is 8.14. The number of carbonyl (C=O) groups is 1. The Hall–Kier alpha value is -1.20. The second-order valence-corrected chi connectivity index (χ2v) is 11.9. The van der Waals surface area contributed by atoms with Gasteiger partial charge in [0.1, 0.15) is 12.3 Å². The fourth-order valence-corrected chi connectivity index (χ4v) is 6.64. The molecule has 1 aliphatic heterocycles. The highest BCUT2D eigenvalue weighted by molar-refractivity contribution is 6.20. The lowest BCUT2D eigenvalue weighted by molar-refractivity contribution is -0.186. The standard InChI is InChI=1S/C25H39ClF5N5O/c26-20-11-19(28)9-6-16(20)13-32-24(34-23(37)15-2-1-3-17(10-15)25(29,30)31)33-22-12-21(35-36-22)14-4-7-18(27)8-5-14/h14-22,35-36H,1-13H2,(H2,32,33,34,37). The van der Waals surface area contributed by atoms with Crippen molar-refractivity contribution in [1.82, 2.24) is 21.5 Å². The van der Waals surface area contributed by atoms with Crippen molar-refractivity contribution in [3.05, 3.63) is 0 Å². The summed E-state index contributed by atoms with van der Waals surface area (Å²) in [6, 6.07) is 0.139. The van der Waals surface area contributed by atoms with Gasteiger partial charge in [-0.15, -0.1) is 11.6 Å². The van der Waals surface area contributed by atoms with Gasteiger partial charge in [0.05, 0.1) is 12.1 Å². The van der Waals surface area contributed by atoms with Crippen LogP contribution in [-0.2, 0) is 4.79 Å². The van der Waals surface area contributed by atoms with Gasteiger partial charge in [-0.3, -0.25) is 20.5 Å². The predicted molar refractivity (Wildman–Crippen MR) is 132 cm³/mol. The number of hydrogen-bond acceptors (Lipinski definition) is 4. The normalized spacial score (nSPS) is 39.8. The van der Waals surface area contributed by atoms with Crippen LogP contribution < -0.4 is 21.5 Å². The predicted octanol–water partition coefficient (Wildman–Crippen LogP) is 4.88. The number of alkyl halides is 6. The van der Waals surface area contributed by atoms with Gasteiger partial charge in [0.15, 0.2) is 5.96 Å². The zero-order valence-corrected chi connectivity index (χ0v) is 21.8. The Balaban J connectivity index is 1.38. The molecular formula is C25H39ClF5N5O. The van der Waals surface area contributed by atoms with E-state index in [9.17, 15) is 26.7 Å². The summed E-state index contributed by atoms with van der Waals surface area (Å²) in [6.45, 7) is 0.281. The van der Waals surface area contributed by atoms with Gasteiger partial charge < -0.3 is 5.32 Å². The number of guanidine groups is 1. The van der Waals surface area contributed by atoms with Gasteiger partial charge >= 0.3 is 6.18 Å². The molecule has 3 aliphatic carbocycles. The second kappa shape index (κ2) is 12.8. The molecular weight excluding hydrogens is 517 g/mol. The maximum absolute atomic E-state index is 13.7. The minimum Gasteiger partial charge on any atom is -0.339 e. The number of rotatable bonds is 5. The van der Waals surface area contributed by atoms with Crippen LogP contribution >= 0.6 is 11.6 Å². The Morgan fingerprint density at radius 1 is 0.919 bits per heavy atom. The van der Waals surface area contributed by atoms with Crippen molar-refractivity contribution in [2.75, 3.05) is 6.54 Å². The maximum atomic E-state index is 13.7. The number of amides is 1. The Morgan fingerprint density at radius 2 is 1.65 bits per heavy atom. The zero-order chi connectivity index (χ0) is 26.6. The summed E-state index contributed by atoms with van der Waals surface area (Å²) in [4.78, 5) is 17.6.